The second-order valence-electron chi connectivity index (χ2n) is 4.06. The van der Waals surface area contributed by atoms with Crippen molar-refractivity contribution in [3.8, 4) is 0 Å². The molecule has 4 nitrogen and oxygen atoms in total. The number of hydrogen-bond acceptors (Lipinski definition) is 4. The van der Waals surface area contributed by atoms with Gasteiger partial charge in [0.2, 0.25) is 5.95 Å². The minimum Gasteiger partial charge on any atom is -0.493 e. The van der Waals surface area contributed by atoms with Crippen LogP contribution in [0.15, 0.2) is 42.6 Å². The first kappa shape index (κ1) is 13.1. The summed E-state index contributed by atoms with van der Waals surface area (Å²) in [6.07, 6.45) is 4.47. The monoisotopic (exact) mass is 255 g/mol. The van der Waals surface area contributed by atoms with Crippen LogP contribution >= 0.6 is 0 Å². The summed E-state index contributed by atoms with van der Waals surface area (Å²) in [6, 6.07) is 11.7. The van der Waals surface area contributed by atoms with Crippen molar-refractivity contribution >= 4 is 17.8 Å². The van der Waals surface area contributed by atoms with Gasteiger partial charge in [-0.3, -0.25) is 0 Å². The number of ether oxygens (including phenoxy) is 1. The van der Waals surface area contributed by atoms with E-state index in [1.807, 2.05) is 36.4 Å². The molecule has 0 unspecified atom stereocenters. The highest BCUT2D eigenvalue weighted by atomic mass is 16.5. The molecule has 0 radical (unpaired) electrons. The molecule has 0 atom stereocenters. The van der Waals surface area contributed by atoms with E-state index in [2.05, 4.69) is 16.9 Å². The van der Waals surface area contributed by atoms with Gasteiger partial charge < -0.3 is 10.5 Å². The zero-order valence-electron chi connectivity index (χ0n) is 10.9. The van der Waals surface area contributed by atoms with E-state index in [-0.39, 0.29) is 5.95 Å². The molecule has 2 aromatic rings. The first-order chi connectivity index (χ1) is 9.29. The van der Waals surface area contributed by atoms with Gasteiger partial charge in [0.15, 0.2) is 0 Å². The summed E-state index contributed by atoms with van der Waals surface area (Å²) in [4.78, 5) is 8.04. The molecule has 2 N–H and O–H groups in total. The Kier molecular flexibility index (Phi) is 4.50. The molecule has 1 aromatic heterocycles. The summed E-state index contributed by atoms with van der Waals surface area (Å²) in [7, 11) is 0. The lowest BCUT2D eigenvalue weighted by Crippen LogP contribution is -1.97. The summed E-state index contributed by atoms with van der Waals surface area (Å²) in [5.74, 6) is 1.05. The van der Waals surface area contributed by atoms with Gasteiger partial charge in [0, 0.05) is 17.8 Å². The van der Waals surface area contributed by atoms with E-state index in [1.54, 1.807) is 12.3 Å². The Morgan fingerprint density at radius 2 is 2.05 bits per heavy atom. The second kappa shape index (κ2) is 6.54. The predicted octanol–water partition coefficient (Wildman–Crippen LogP) is 2.98. The Balaban J connectivity index is 2.32. The fourth-order valence-electron chi connectivity index (χ4n) is 1.63. The molecule has 0 spiro atoms. The molecule has 0 fully saturated rings. The van der Waals surface area contributed by atoms with Gasteiger partial charge in [-0.1, -0.05) is 37.3 Å². The normalized spacial score (nSPS) is 11.3. The fraction of sp³-hybridized carbons (Fsp3) is 0.200. The molecule has 0 saturated carbocycles. The van der Waals surface area contributed by atoms with Crippen LogP contribution < -0.4 is 5.73 Å². The molecule has 0 aliphatic carbocycles. The molecular weight excluding hydrogens is 238 g/mol. The van der Waals surface area contributed by atoms with Crippen LogP contribution in [0, 0.1) is 0 Å². The molecule has 0 amide bonds. The maximum absolute atomic E-state index is 5.78. The van der Waals surface area contributed by atoms with Crippen molar-refractivity contribution in [1.82, 2.24) is 9.97 Å². The van der Waals surface area contributed by atoms with Crippen LogP contribution in [0.4, 0.5) is 5.95 Å². The predicted molar refractivity (Wildman–Crippen MR) is 77.0 cm³/mol. The highest BCUT2D eigenvalue weighted by Gasteiger charge is 2.03. The van der Waals surface area contributed by atoms with Gasteiger partial charge in [-0.15, -0.1) is 0 Å². The molecule has 0 aliphatic rings. The van der Waals surface area contributed by atoms with Crippen molar-refractivity contribution in [2.75, 3.05) is 12.3 Å². The maximum Gasteiger partial charge on any atom is 0.220 e. The SMILES string of the molecule is CCCO/C(=C/c1ccnc(N)n1)c1ccccc1. The lowest BCUT2D eigenvalue weighted by molar-refractivity contribution is 0.279. The van der Waals surface area contributed by atoms with Crippen LogP contribution in [0.2, 0.25) is 0 Å². The molecule has 1 aromatic carbocycles. The van der Waals surface area contributed by atoms with Crippen LogP contribution in [-0.4, -0.2) is 16.6 Å². The van der Waals surface area contributed by atoms with Gasteiger partial charge in [0.05, 0.1) is 12.3 Å². The van der Waals surface area contributed by atoms with Crippen molar-refractivity contribution < 1.29 is 4.74 Å². The molecule has 98 valence electrons. The highest BCUT2D eigenvalue weighted by Crippen LogP contribution is 2.19. The minimum atomic E-state index is 0.261. The number of nitrogens with two attached hydrogens (primary N) is 1. The van der Waals surface area contributed by atoms with Crippen molar-refractivity contribution in [3.63, 3.8) is 0 Å². The quantitative estimate of drug-likeness (QED) is 0.834. The number of anilines is 1. The van der Waals surface area contributed by atoms with Gasteiger partial charge in [-0.05, 0) is 12.5 Å². The van der Waals surface area contributed by atoms with Gasteiger partial charge >= 0.3 is 0 Å². The second-order valence-corrected chi connectivity index (χ2v) is 4.06. The van der Waals surface area contributed by atoms with Crippen LogP contribution in [-0.2, 0) is 4.74 Å². The first-order valence-corrected chi connectivity index (χ1v) is 6.28. The van der Waals surface area contributed by atoms with Gasteiger partial charge in [-0.25, -0.2) is 9.97 Å². The Bertz CT molecular complexity index is 552. The van der Waals surface area contributed by atoms with Gasteiger partial charge in [0.25, 0.3) is 0 Å². The third-order valence-corrected chi connectivity index (χ3v) is 2.49. The summed E-state index contributed by atoms with van der Waals surface area (Å²) in [5.41, 5.74) is 7.34. The van der Waals surface area contributed by atoms with E-state index in [9.17, 15) is 0 Å². The number of nitrogens with zero attached hydrogens (tertiary/aromatic N) is 2. The van der Waals surface area contributed by atoms with Crippen LogP contribution in [0.5, 0.6) is 0 Å². The largest absolute Gasteiger partial charge is 0.493 e. The van der Waals surface area contributed by atoms with E-state index < -0.39 is 0 Å². The minimum absolute atomic E-state index is 0.261. The summed E-state index contributed by atoms with van der Waals surface area (Å²) in [5, 5.41) is 0. The molecule has 0 saturated heterocycles. The standard InChI is InChI=1S/C15H17N3O/c1-2-10-19-14(12-6-4-3-5-7-12)11-13-8-9-17-15(16)18-13/h3-9,11H,2,10H2,1H3,(H2,16,17,18)/b14-11+. The smallest absolute Gasteiger partial charge is 0.220 e. The van der Waals surface area contributed by atoms with Crippen molar-refractivity contribution in [3.05, 3.63) is 53.9 Å². The maximum atomic E-state index is 5.78. The summed E-state index contributed by atoms with van der Waals surface area (Å²) >= 11 is 0. The van der Waals surface area contributed by atoms with E-state index in [0.29, 0.717) is 6.61 Å². The van der Waals surface area contributed by atoms with Crippen LogP contribution in [0.3, 0.4) is 0 Å². The molecule has 2 rings (SSSR count). The average Bonchev–Trinajstić information content (AvgIpc) is 2.44. The molecule has 0 aliphatic heterocycles. The van der Waals surface area contributed by atoms with E-state index in [4.69, 9.17) is 10.5 Å². The number of hydrogen-bond donors (Lipinski definition) is 1. The third-order valence-electron chi connectivity index (χ3n) is 2.49. The van der Waals surface area contributed by atoms with Gasteiger partial charge in [-0.2, -0.15) is 0 Å². The highest BCUT2D eigenvalue weighted by molar-refractivity contribution is 5.76. The first-order valence-electron chi connectivity index (χ1n) is 6.28. The lowest BCUT2D eigenvalue weighted by atomic mass is 10.1. The number of aromatic nitrogens is 2. The van der Waals surface area contributed by atoms with Crippen molar-refractivity contribution in [1.29, 1.82) is 0 Å². The Morgan fingerprint density at radius 1 is 1.26 bits per heavy atom. The molecule has 4 heteroatoms. The van der Waals surface area contributed by atoms with Crippen molar-refractivity contribution in [2.24, 2.45) is 0 Å². The zero-order chi connectivity index (χ0) is 13.5. The molecule has 0 bridgehead atoms. The number of benzene rings is 1. The van der Waals surface area contributed by atoms with Crippen molar-refractivity contribution in [2.45, 2.75) is 13.3 Å². The van der Waals surface area contributed by atoms with E-state index in [1.165, 1.54) is 0 Å². The zero-order valence-corrected chi connectivity index (χ0v) is 10.9. The lowest BCUT2D eigenvalue weighted by Gasteiger charge is -2.10. The molecule has 19 heavy (non-hydrogen) atoms. The van der Waals surface area contributed by atoms with E-state index >= 15 is 0 Å². The third kappa shape index (κ3) is 3.81. The number of rotatable bonds is 5. The van der Waals surface area contributed by atoms with Crippen LogP contribution in [0.25, 0.3) is 11.8 Å². The Labute approximate surface area is 113 Å². The summed E-state index contributed by atoms with van der Waals surface area (Å²) in [6.45, 7) is 2.74. The average molecular weight is 255 g/mol. The number of nitrogen functional groups attached to an aromatic ring is 1. The molecule has 1 heterocycles. The fourth-order valence-corrected chi connectivity index (χ4v) is 1.63. The Hall–Kier alpha value is -2.36. The molecular formula is C15H17N3O. The van der Waals surface area contributed by atoms with Gasteiger partial charge in [0.1, 0.15) is 5.76 Å². The van der Waals surface area contributed by atoms with E-state index in [0.717, 1.165) is 23.4 Å². The topological polar surface area (TPSA) is 61.0 Å². The van der Waals surface area contributed by atoms with Crippen LogP contribution in [0.1, 0.15) is 24.6 Å². The Morgan fingerprint density at radius 3 is 2.74 bits per heavy atom. The summed E-state index contributed by atoms with van der Waals surface area (Å²) < 4.78 is 5.78.